The normalized spacial score (nSPS) is 17.4. The fourth-order valence-corrected chi connectivity index (χ4v) is 6.67. The number of carbonyl (C=O) groups excluding carboxylic acids is 1. The van der Waals surface area contributed by atoms with Gasteiger partial charge in [-0.2, -0.15) is 4.31 Å². The first-order chi connectivity index (χ1) is 18.2. The predicted octanol–water partition coefficient (Wildman–Crippen LogP) is 7.38. The molecule has 1 aliphatic carbocycles. The van der Waals surface area contributed by atoms with E-state index in [9.17, 15) is 13.2 Å². The van der Waals surface area contributed by atoms with E-state index in [-0.39, 0.29) is 16.6 Å². The molecule has 1 saturated carbocycles. The number of hydrogen-bond donors (Lipinski definition) is 2. The lowest BCUT2D eigenvalue weighted by Crippen LogP contribution is -2.36. The highest BCUT2D eigenvalue weighted by Gasteiger charge is 2.28. The Balaban J connectivity index is 1.53. The number of amides is 2. The SMILES string of the molecule is CCN(CC)S(=O)(=O)c1ccc(Oc2ccc(Br)cc2)c(NC(=O)NC2CCC(c3cccc(Cl)c3)C2)c1. The van der Waals surface area contributed by atoms with Crippen molar-refractivity contribution in [1.29, 1.82) is 0 Å². The average Bonchev–Trinajstić information content (AvgIpc) is 3.35. The summed E-state index contributed by atoms with van der Waals surface area (Å²) in [5, 5.41) is 6.57. The van der Waals surface area contributed by atoms with Crippen molar-refractivity contribution in [3.05, 3.63) is 81.8 Å². The number of ether oxygens (including phenoxy) is 1. The number of urea groups is 1. The van der Waals surface area contributed by atoms with Gasteiger partial charge in [-0.25, -0.2) is 13.2 Å². The minimum absolute atomic E-state index is 0.0163. The van der Waals surface area contributed by atoms with E-state index in [0.29, 0.717) is 35.5 Å². The zero-order valence-corrected chi connectivity index (χ0v) is 24.4. The number of anilines is 1. The van der Waals surface area contributed by atoms with Crippen LogP contribution in [0, 0.1) is 0 Å². The second-order valence-electron chi connectivity index (χ2n) is 9.16. The smallest absolute Gasteiger partial charge is 0.319 e. The zero-order chi connectivity index (χ0) is 27.3. The number of nitrogens with one attached hydrogen (secondary N) is 2. The topological polar surface area (TPSA) is 87.7 Å². The fourth-order valence-electron chi connectivity index (χ4n) is 4.72. The fraction of sp³-hybridized carbons (Fsp3) is 0.321. The molecule has 2 amide bonds. The van der Waals surface area contributed by atoms with Gasteiger partial charge in [0.25, 0.3) is 0 Å². The molecule has 10 heteroatoms. The molecule has 0 saturated heterocycles. The second-order valence-corrected chi connectivity index (χ2v) is 12.5. The molecule has 2 N–H and O–H groups in total. The molecular weight excluding hydrogens is 590 g/mol. The van der Waals surface area contributed by atoms with Crippen molar-refractivity contribution in [2.24, 2.45) is 0 Å². The molecule has 1 fully saturated rings. The standard InChI is InChI=1S/C28H31BrClN3O4S/c1-3-33(4-2)38(35,36)25-14-15-27(37-24-12-9-21(29)10-13-24)26(18-25)32-28(34)31-23-11-8-20(17-23)19-6-5-7-22(30)16-19/h5-7,9-10,12-16,18,20,23H,3-4,8,11,17H2,1-2H3,(H2,31,32,34). The van der Waals surface area contributed by atoms with Crippen LogP contribution in [0.15, 0.2) is 76.1 Å². The Bertz CT molecular complexity index is 1380. The van der Waals surface area contributed by atoms with Crippen molar-refractivity contribution in [1.82, 2.24) is 9.62 Å². The molecule has 0 radical (unpaired) electrons. The van der Waals surface area contributed by atoms with Gasteiger partial charge in [-0.1, -0.05) is 53.5 Å². The van der Waals surface area contributed by atoms with Crippen molar-refractivity contribution >= 4 is 49.3 Å². The lowest BCUT2D eigenvalue weighted by molar-refractivity contribution is 0.248. The molecule has 0 heterocycles. The summed E-state index contributed by atoms with van der Waals surface area (Å²) in [5.41, 5.74) is 1.43. The molecule has 3 aromatic carbocycles. The highest BCUT2D eigenvalue weighted by molar-refractivity contribution is 9.10. The summed E-state index contributed by atoms with van der Waals surface area (Å²) in [7, 11) is -3.73. The number of hydrogen-bond acceptors (Lipinski definition) is 4. The minimum atomic E-state index is -3.73. The third kappa shape index (κ3) is 6.88. The molecule has 3 aromatic rings. The number of halogens is 2. The summed E-state index contributed by atoms with van der Waals surface area (Å²) >= 11 is 9.56. The van der Waals surface area contributed by atoms with E-state index in [4.69, 9.17) is 16.3 Å². The molecule has 1 aliphatic rings. The first kappa shape index (κ1) is 28.4. The Kier molecular flexibility index (Phi) is 9.36. The van der Waals surface area contributed by atoms with E-state index in [0.717, 1.165) is 23.7 Å². The maximum Gasteiger partial charge on any atom is 0.319 e. The number of rotatable bonds is 9. The van der Waals surface area contributed by atoms with Crippen LogP contribution in [0.1, 0.15) is 44.6 Å². The van der Waals surface area contributed by atoms with E-state index in [1.807, 2.05) is 30.3 Å². The van der Waals surface area contributed by atoms with Crippen molar-refractivity contribution in [3.8, 4) is 11.5 Å². The summed E-state index contributed by atoms with van der Waals surface area (Å²) in [5.74, 6) is 1.21. The van der Waals surface area contributed by atoms with Crippen molar-refractivity contribution in [3.63, 3.8) is 0 Å². The molecule has 0 aromatic heterocycles. The molecule has 2 unspecified atom stereocenters. The lowest BCUT2D eigenvalue weighted by Gasteiger charge is -2.20. The summed E-state index contributed by atoms with van der Waals surface area (Å²) in [4.78, 5) is 13.1. The van der Waals surface area contributed by atoms with Gasteiger partial charge in [0.1, 0.15) is 5.75 Å². The van der Waals surface area contributed by atoms with Crippen LogP contribution in [0.25, 0.3) is 0 Å². The number of benzene rings is 3. The molecule has 4 rings (SSSR count). The van der Waals surface area contributed by atoms with E-state index < -0.39 is 16.1 Å². The minimum Gasteiger partial charge on any atom is -0.455 e. The molecule has 0 spiro atoms. The van der Waals surface area contributed by atoms with Crippen LogP contribution in [-0.2, 0) is 10.0 Å². The number of nitrogens with zero attached hydrogens (tertiary/aromatic N) is 1. The van der Waals surface area contributed by atoms with E-state index in [1.165, 1.54) is 22.0 Å². The first-order valence-electron chi connectivity index (χ1n) is 12.6. The quantitative estimate of drug-likeness (QED) is 0.261. The van der Waals surface area contributed by atoms with Gasteiger partial charge >= 0.3 is 6.03 Å². The zero-order valence-electron chi connectivity index (χ0n) is 21.3. The van der Waals surface area contributed by atoms with Crippen LogP contribution in [0.5, 0.6) is 11.5 Å². The molecule has 0 aliphatic heterocycles. The summed E-state index contributed by atoms with van der Waals surface area (Å²) in [6, 6.07) is 19.2. The van der Waals surface area contributed by atoms with Crippen molar-refractivity contribution in [2.45, 2.75) is 50.0 Å². The maximum absolute atomic E-state index is 13.2. The van der Waals surface area contributed by atoms with Gasteiger partial charge in [-0.3, -0.25) is 0 Å². The Morgan fingerprint density at radius 3 is 2.47 bits per heavy atom. The van der Waals surface area contributed by atoms with Crippen LogP contribution in [0.2, 0.25) is 5.02 Å². The first-order valence-corrected chi connectivity index (χ1v) is 15.2. The monoisotopic (exact) mass is 619 g/mol. The second kappa shape index (κ2) is 12.5. The van der Waals surface area contributed by atoms with Crippen LogP contribution >= 0.6 is 27.5 Å². The Morgan fingerprint density at radius 2 is 1.79 bits per heavy atom. The Labute approximate surface area is 237 Å². The molecule has 0 bridgehead atoms. The van der Waals surface area contributed by atoms with Crippen LogP contribution < -0.4 is 15.4 Å². The van der Waals surface area contributed by atoms with E-state index in [1.54, 1.807) is 32.0 Å². The van der Waals surface area contributed by atoms with Gasteiger partial charge in [0.15, 0.2) is 5.75 Å². The summed E-state index contributed by atoms with van der Waals surface area (Å²) < 4.78 is 34.6. The van der Waals surface area contributed by atoms with Crippen molar-refractivity contribution < 1.29 is 17.9 Å². The van der Waals surface area contributed by atoms with E-state index in [2.05, 4.69) is 32.6 Å². The molecule has 38 heavy (non-hydrogen) atoms. The van der Waals surface area contributed by atoms with E-state index >= 15 is 0 Å². The van der Waals surface area contributed by atoms with Crippen molar-refractivity contribution in [2.75, 3.05) is 18.4 Å². The third-order valence-electron chi connectivity index (χ3n) is 6.67. The van der Waals surface area contributed by atoms with Crippen LogP contribution in [0.4, 0.5) is 10.5 Å². The lowest BCUT2D eigenvalue weighted by atomic mass is 9.97. The predicted molar refractivity (Wildman–Crippen MR) is 155 cm³/mol. The maximum atomic E-state index is 13.2. The van der Waals surface area contributed by atoms with Crippen LogP contribution in [-0.4, -0.2) is 37.9 Å². The largest absolute Gasteiger partial charge is 0.455 e. The van der Waals surface area contributed by atoms with Crippen LogP contribution in [0.3, 0.4) is 0 Å². The van der Waals surface area contributed by atoms with Gasteiger partial charge in [-0.15, -0.1) is 0 Å². The molecule has 7 nitrogen and oxygen atoms in total. The summed E-state index contributed by atoms with van der Waals surface area (Å²) in [6.45, 7) is 4.26. The van der Waals surface area contributed by atoms with Gasteiger partial charge in [0.2, 0.25) is 10.0 Å². The highest BCUT2D eigenvalue weighted by Crippen LogP contribution is 2.36. The number of carbonyl (C=O) groups is 1. The summed E-state index contributed by atoms with van der Waals surface area (Å²) in [6.07, 6.45) is 2.58. The third-order valence-corrected chi connectivity index (χ3v) is 9.48. The van der Waals surface area contributed by atoms with Gasteiger partial charge in [0, 0.05) is 28.6 Å². The highest BCUT2D eigenvalue weighted by atomic mass is 79.9. The Morgan fingerprint density at radius 1 is 1.05 bits per heavy atom. The molecule has 202 valence electrons. The molecular formula is C28H31BrClN3O4S. The molecule has 2 atom stereocenters. The van der Waals surface area contributed by atoms with Gasteiger partial charge < -0.3 is 15.4 Å². The Hall–Kier alpha value is -2.59. The average molecular weight is 621 g/mol. The van der Waals surface area contributed by atoms with Gasteiger partial charge in [-0.05, 0) is 85.3 Å². The number of sulfonamides is 1. The van der Waals surface area contributed by atoms with Gasteiger partial charge in [0.05, 0.1) is 10.6 Å².